The molecule has 0 radical (unpaired) electrons. The van der Waals surface area contributed by atoms with Gasteiger partial charge in [-0.25, -0.2) is 4.98 Å². The lowest BCUT2D eigenvalue weighted by Crippen LogP contribution is -2.20. The molecule has 1 aliphatic rings. The Hall–Kier alpha value is -3.08. The predicted molar refractivity (Wildman–Crippen MR) is 94.5 cm³/mol. The fraction of sp³-hybridized carbons (Fsp3) is 0.200. The van der Waals surface area contributed by atoms with Gasteiger partial charge in [0.15, 0.2) is 18.3 Å². The van der Waals surface area contributed by atoms with Crippen LogP contribution in [0, 0.1) is 0 Å². The summed E-state index contributed by atoms with van der Waals surface area (Å²) in [6.45, 7) is -0.0291. The van der Waals surface area contributed by atoms with Crippen LogP contribution in [0.4, 0.5) is 5.69 Å². The molecule has 1 N–H and O–H groups in total. The number of hydrogen-bond donors (Lipinski definition) is 1. The molecule has 126 valence electrons. The maximum atomic E-state index is 12.0. The van der Waals surface area contributed by atoms with Crippen LogP contribution < -0.4 is 10.1 Å². The second-order valence-corrected chi connectivity index (χ2v) is 6.06. The number of aromatic nitrogens is 1. The summed E-state index contributed by atoms with van der Waals surface area (Å²) in [5.74, 6) is 2.55. The number of rotatable bonds is 6. The molecule has 0 spiro atoms. The Labute approximate surface area is 145 Å². The first-order valence-corrected chi connectivity index (χ1v) is 8.32. The highest BCUT2D eigenvalue weighted by Gasteiger charge is 2.28. The molecule has 2 aromatic carbocycles. The molecule has 5 heteroatoms. The number of ether oxygens (including phenoxy) is 1. The van der Waals surface area contributed by atoms with E-state index in [9.17, 15) is 4.79 Å². The van der Waals surface area contributed by atoms with Gasteiger partial charge in [0.2, 0.25) is 0 Å². The maximum absolute atomic E-state index is 12.0. The lowest BCUT2D eigenvalue weighted by Gasteiger charge is -2.07. The number of nitrogens with zero attached hydrogens (tertiary/aromatic N) is 1. The number of hydrogen-bond acceptors (Lipinski definition) is 4. The van der Waals surface area contributed by atoms with Gasteiger partial charge < -0.3 is 14.5 Å². The van der Waals surface area contributed by atoms with Gasteiger partial charge in [-0.1, -0.05) is 18.2 Å². The van der Waals surface area contributed by atoms with Gasteiger partial charge in [-0.3, -0.25) is 4.79 Å². The quantitative estimate of drug-likeness (QED) is 0.732. The minimum atomic E-state index is -0.202. The number of para-hydroxylation sites is 1. The van der Waals surface area contributed by atoms with Crippen molar-refractivity contribution in [2.24, 2.45) is 0 Å². The molecule has 3 aromatic rings. The number of amides is 1. The van der Waals surface area contributed by atoms with E-state index in [0.717, 1.165) is 30.1 Å². The molecule has 0 bridgehead atoms. The predicted octanol–water partition coefficient (Wildman–Crippen LogP) is 4.24. The minimum Gasteiger partial charge on any atom is -0.484 e. The number of carbonyl (C=O) groups is 1. The van der Waals surface area contributed by atoms with Crippen molar-refractivity contribution in [2.75, 3.05) is 11.9 Å². The fourth-order valence-electron chi connectivity index (χ4n) is 2.52. The first kappa shape index (κ1) is 15.4. The number of anilines is 1. The zero-order valence-electron chi connectivity index (χ0n) is 13.6. The summed E-state index contributed by atoms with van der Waals surface area (Å²) in [4.78, 5) is 16.3. The van der Waals surface area contributed by atoms with Crippen LogP contribution in [0.5, 0.6) is 5.75 Å². The van der Waals surface area contributed by atoms with E-state index in [1.54, 1.807) is 6.20 Å². The highest BCUT2D eigenvalue weighted by Crippen LogP contribution is 2.40. The van der Waals surface area contributed by atoms with Gasteiger partial charge in [0.25, 0.3) is 5.91 Å². The highest BCUT2D eigenvalue weighted by molar-refractivity contribution is 5.92. The molecule has 25 heavy (non-hydrogen) atoms. The molecule has 1 saturated carbocycles. The normalized spacial score (nSPS) is 13.4. The van der Waals surface area contributed by atoms with E-state index in [0.29, 0.717) is 17.4 Å². The number of benzene rings is 2. The third-order valence-electron chi connectivity index (χ3n) is 4.02. The Morgan fingerprint density at radius 1 is 1.12 bits per heavy atom. The van der Waals surface area contributed by atoms with Gasteiger partial charge >= 0.3 is 0 Å². The highest BCUT2D eigenvalue weighted by atomic mass is 16.5. The molecule has 0 aliphatic heterocycles. The first-order valence-electron chi connectivity index (χ1n) is 8.32. The Morgan fingerprint density at radius 2 is 1.88 bits per heavy atom. The van der Waals surface area contributed by atoms with Crippen molar-refractivity contribution < 1.29 is 13.9 Å². The number of oxazole rings is 1. The van der Waals surface area contributed by atoms with Crippen molar-refractivity contribution in [2.45, 2.75) is 18.8 Å². The molecular formula is C20H18N2O3. The van der Waals surface area contributed by atoms with Gasteiger partial charge in [-0.05, 0) is 49.2 Å². The minimum absolute atomic E-state index is 0.0291. The summed E-state index contributed by atoms with van der Waals surface area (Å²) in [6, 6.07) is 16.8. The SMILES string of the molecule is O=C(COc1ccccc1)Nc1ccc(-c2cnc(C3CC3)o2)cc1. The molecular weight excluding hydrogens is 316 g/mol. The second kappa shape index (κ2) is 6.81. The summed E-state index contributed by atoms with van der Waals surface area (Å²) < 4.78 is 11.2. The summed E-state index contributed by atoms with van der Waals surface area (Å²) in [7, 11) is 0. The molecule has 0 unspecified atom stereocenters. The Bertz CT molecular complexity index is 852. The monoisotopic (exact) mass is 334 g/mol. The largest absolute Gasteiger partial charge is 0.484 e. The summed E-state index contributed by atoms with van der Waals surface area (Å²) in [5.41, 5.74) is 1.66. The van der Waals surface area contributed by atoms with Gasteiger partial charge in [0.1, 0.15) is 5.75 Å². The average Bonchev–Trinajstić information content (AvgIpc) is 3.39. The molecule has 1 heterocycles. The van der Waals surface area contributed by atoms with Crippen LogP contribution in [0.2, 0.25) is 0 Å². The Morgan fingerprint density at radius 3 is 2.60 bits per heavy atom. The third-order valence-corrected chi connectivity index (χ3v) is 4.02. The molecule has 5 nitrogen and oxygen atoms in total. The van der Waals surface area contributed by atoms with Crippen molar-refractivity contribution >= 4 is 11.6 Å². The molecule has 1 amide bonds. The van der Waals surface area contributed by atoms with E-state index < -0.39 is 0 Å². The van der Waals surface area contributed by atoms with Crippen LogP contribution >= 0.6 is 0 Å². The van der Waals surface area contributed by atoms with Crippen LogP contribution in [0.15, 0.2) is 65.2 Å². The van der Waals surface area contributed by atoms with E-state index in [-0.39, 0.29) is 12.5 Å². The van der Waals surface area contributed by atoms with E-state index in [1.807, 2.05) is 54.6 Å². The lowest BCUT2D eigenvalue weighted by atomic mass is 10.2. The van der Waals surface area contributed by atoms with E-state index in [4.69, 9.17) is 9.15 Å². The molecule has 0 atom stereocenters. The van der Waals surface area contributed by atoms with Crippen molar-refractivity contribution in [3.8, 4) is 17.1 Å². The zero-order valence-corrected chi connectivity index (χ0v) is 13.6. The topological polar surface area (TPSA) is 64.4 Å². The molecule has 1 aliphatic carbocycles. The van der Waals surface area contributed by atoms with Crippen LogP contribution in [0.25, 0.3) is 11.3 Å². The van der Waals surface area contributed by atoms with Crippen LogP contribution in [-0.4, -0.2) is 17.5 Å². The summed E-state index contributed by atoms with van der Waals surface area (Å²) >= 11 is 0. The summed E-state index contributed by atoms with van der Waals surface area (Å²) in [6.07, 6.45) is 4.08. The van der Waals surface area contributed by atoms with Gasteiger partial charge in [0, 0.05) is 17.2 Å². The van der Waals surface area contributed by atoms with Crippen LogP contribution in [0.3, 0.4) is 0 Å². The van der Waals surface area contributed by atoms with Crippen molar-refractivity contribution in [3.05, 3.63) is 66.7 Å². The molecule has 4 rings (SSSR count). The van der Waals surface area contributed by atoms with E-state index in [1.165, 1.54) is 0 Å². The molecule has 1 fully saturated rings. The zero-order chi connectivity index (χ0) is 17.1. The van der Waals surface area contributed by atoms with E-state index >= 15 is 0 Å². The third kappa shape index (κ3) is 3.88. The van der Waals surface area contributed by atoms with Gasteiger partial charge in [0.05, 0.1) is 6.20 Å². The van der Waals surface area contributed by atoms with Crippen molar-refractivity contribution in [1.82, 2.24) is 4.98 Å². The standard InChI is InChI=1S/C20H18N2O3/c23-19(13-24-17-4-2-1-3-5-17)22-16-10-8-14(9-11-16)18-12-21-20(25-18)15-6-7-15/h1-5,8-12,15H,6-7,13H2,(H,22,23). The van der Waals surface area contributed by atoms with Crippen molar-refractivity contribution in [1.29, 1.82) is 0 Å². The molecule has 1 aromatic heterocycles. The van der Waals surface area contributed by atoms with Gasteiger partial charge in [-0.2, -0.15) is 0 Å². The van der Waals surface area contributed by atoms with Gasteiger partial charge in [-0.15, -0.1) is 0 Å². The first-order chi connectivity index (χ1) is 12.3. The Kier molecular flexibility index (Phi) is 4.21. The van der Waals surface area contributed by atoms with E-state index in [2.05, 4.69) is 10.3 Å². The second-order valence-electron chi connectivity index (χ2n) is 6.06. The van der Waals surface area contributed by atoms with Crippen molar-refractivity contribution in [3.63, 3.8) is 0 Å². The molecule has 0 saturated heterocycles. The Balaban J connectivity index is 1.34. The average molecular weight is 334 g/mol. The lowest BCUT2D eigenvalue weighted by molar-refractivity contribution is -0.118. The number of carbonyl (C=O) groups excluding carboxylic acids is 1. The maximum Gasteiger partial charge on any atom is 0.262 e. The van der Waals surface area contributed by atoms with Crippen LogP contribution in [-0.2, 0) is 4.79 Å². The number of nitrogens with one attached hydrogen (secondary N) is 1. The van der Waals surface area contributed by atoms with Crippen LogP contribution in [0.1, 0.15) is 24.7 Å². The smallest absolute Gasteiger partial charge is 0.262 e. The summed E-state index contributed by atoms with van der Waals surface area (Å²) in [5, 5.41) is 2.81. The fourth-order valence-corrected chi connectivity index (χ4v) is 2.52.